The Morgan fingerprint density at radius 1 is 0.631 bits per heavy atom. The summed E-state index contributed by atoms with van der Waals surface area (Å²) in [5, 5.41) is 18.9. The lowest BCUT2D eigenvalue weighted by molar-refractivity contribution is 0.102. The van der Waals surface area contributed by atoms with Gasteiger partial charge in [-0.05, 0) is 65.9 Å². The molecule has 0 fully saturated rings. The topological polar surface area (TPSA) is 325 Å². The van der Waals surface area contributed by atoms with Gasteiger partial charge in [0, 0.05) is 33.3 Å². The lowest BCUT2D eigenvalue weighted by Gasteiger charge is -2.24. The van der Waals surface area contributed by atoms with Crippen LogP contribution in [0.5, 0.6) is 6.01 Å². The van der Waals surface area contributed by atoms with Crippen molar-refractivity contribution in [2.75, 3.05) is 16.0 Å². The fraction of sp³-hybridized carbons (Fsp3) is 0.0952. The minimum Gasteiger partial charge on any atom is -0.479 e. The maximum Gasteiger partial charge on any atom is 0.320 e. The summed E-state index contributed by atoms with van der Waals surface area (Å²) in [6, 6.07) is 18.9. The first-order valence-corrected chi connectivity index (χ1v) is 23.5. The summed E-state index contributed by atoms with van der Waals surface area (Å²) < 4.78 is 106. The zero-order valence-electron chi connectivity index (χ0n) is 33.6. The molecule has 8 rings (SSSR count). The van der Waals surface area contributed by atoms with Gasteiger partial charge in [-0.1, -0.05) is 68.4 Å². The normalized spacial score (nSPS) is 12.5. The first-order chi connectivity index (χ1) is 30.7. The minimum atomic E-state index is -5.37. The molecule has 0 amide bonds. The van der Waals surface area contributed by atoms with Gasteiger partial charge in [0.15, 0.2) is 11.6 Å². The summed E-state index contributed by atoms with van der Waals surface area (Å²) in [5.74, 6) is -2.37. The number of nitrogens with zero attached hydrogens (tertiary/aromatic N) is 3. The van der Waals surface area contributed by atoms with Crippen molar-refractivity contribution in [1.82, 2.24) is 19.9 Å². The Morgan fingerprint density at radius 3 is 1.85 bits per heavy atom. The van der Waals surface area contributed by atoms with Crippen LogP contribution in [0.2, 0.25) is 0 Å². The van der Waals surface area contributed by atoms with Crippen LogP contribution >= 0.6 is 0 Å². The smallest absolute Gasteiger partial charge is 0.320 e. The molecule has 20 nitrogen and oxygen atoms in total. The highest BCUT2D eigenvalue weighted by Crippen LogP contribution is 2.45. The molecule has 7 aromatic rings. The number of para-hydroxylation sites is 1. The first-order valence-electron chi connectivity index (χ1n) is 19.2. The number of carbonyl (C=O) groups is 2. The average molecular weight is 940 g/mol. The summed E-state index contributed by atoms with van der Waals surface area (Å²) >= 11 is 0. The summed E-state index contributed by atoms with van der Waals surface area (Å²) in [4.78, 5) is 54.2. The summed E-state index contributed by atoms with van der Waals surface area (Å²) in [6.45, 7) is 3.85. The molecule has 0 unspecified atom stereocenters. The predicted octanol–water partition coefficient (Wildman–Crippen LogP) is 5.96. The maximum absolute atomic E-state index is 14.5. The third-order valence-corrected chi connectivity index (χ3v) is 13.1. The van der Waals surface area contributed by atoms with E-state index in [9.17, 15) is 58.4 Å². The highest BCUT2D eigenvalue weighted by Gasteiger charge is 2.34. The molecule has 0 spiro atoms. The van der Waals surface area contributed by atoms with Gasteiger partial charge in [-0.3, -0.25) is 28.0 Å². The molecule has 2 aromatic heterocycles. The number of anilines is 6. The van der Waals surface area contributed by atoms with Crippen molar-refractivity contribution < 1.29 is 53.6 Å². The monoisotopic (exact) mass is 939 g/mol. The minimum absolute atomic E-state index is 0.0207. The standard InChI is InChI=1S/C42H33N7O13S3/c1-3-20-9-7-10-21(4-2)36(20)46-41-47-40(48-42(53)49-41)45-29-18-28(30(64(57,58)59)19-31(29)65(60,61)62)43-27-16-15-26-33-32(24-13-5-6-14-25(24)38(51)34(27)33)35(39(52)44-26)37(50)22-11-8-12-23(17-22)63(54,55)56/h5-19,43H,3-4H2,1-2H3,(H,44,52)(H,54,55,56)(H,57,58,59)(H,60,61,62)(H3,45,46,47,48,49,53). The quantitative estimate of drug-likeness (QED) is 0.0488. The van der Waals surface area contributed by atoms with Crippen molar-refractivity contribution in [1.29, 1.82) is 0 Å². The number of nitrogens with one attached hydrogen (secondary N) is 4. The molecule has 0 aliphatic heterocycles. The highest BCUT2D eigenvalue weighted by molar-refractivity contribution is 7.87. The highest BCUT2D eigenvalue weighted by atomic mass is 32.2. The van der Waals surface area contributed by atoms with Crippen molar-refractivity contribution in [2.45, 2.75) is 41.4 Å². The van der Waals surface area contributed by atoms with Crippen LogP contribution < -0.4 is 21.5 Å². The van der Waals surface area contributed by atoms with E-state index in [1.165, 1.54) is 42.5 Å². The number of H-pyrrole nitrogens is 1. The molecule has 65 heavy (non-hydrogen) atoms. The van der Waals surface area contributed by atoms with Crippen LogP contribution in [-0.4, -0.2) is 75.5 Å². The molecule has 0 bridgehead atoms. The van der Waals surface area contributed by atoms with Gasteiger partial charge in [0.25, 0.3) is 35.9 Å². The van der Waals surface area contributed by atoms with E-state index >= 15 is 0 Å². The zero-order valence-corrected chi connectivity index (χ0v) is 36.1. The van der Waals surface area contributed by atoms with E-state index in [2.05, 4.69) is 35.9 Å². The number of aromatic hydroxyl groups is 1. The zero-order chi connectivity index (χ0) is 46.7. The van der Waals surface area contributed by atoms with E-state index < -0.39 is 91.1 Å². The van der Waals surface area contributed by atoms with Crippen molar-refractivity contribution in [3.05, 3.63) is 135 Å². The van der Waals surface area contributed by atoms with Gasteiger partial charge in [0.1, 0.15) is 9.79 Å². The summed E-state index contributed by atoms with van der Waals surface area (Å²) in [6.07, 6.45) is 1.21. The Labute approximate surface area is 368 Å². The predicted molar refractivity (Wildman–Crippen MR) is 236 cm³/mol. The Bertz CT molecular complexity index is 3600. The molecule has 0 saturated carbocycles. The number of hydrogen-bond acceptors (Lipinski definition) is 16. The van der Waals surface area contributed by atoms with Gasteiger partial charge >= 0.3 is 6.01 Å². The largest absolute Gasteiger partial charge is 0.479 e. The van der Waals surface area contributed by atoms with Gasteiger partial charge in [0.2, 0.25) is 11.9 Å². The van der Waals surface area contributed by atoms with Crippen LogP contribution in [0.15, 0.2) is 110 Å². The molecular weight excluding hydrogens is 907 g/mol. The number of benzene rings is 5. The molecule has 0 saturated heterocycles. The third-order valence-electron chi connectivity index (χ3n) is 10.5. The number of pyridine rings is 1. The van der Waals surface area contributed by atoms with Crippen LogP contribution in [0.3, 0.4) is 0 Å². The summed E-state index contributed by atoms with van der Waals surface area (Å²) in [5.41, 5.74) is -0.905. The number of aromatic amines is 1. The van der Waals surface area contributed by atoms with Crippen LogP contribution in [0.1, 0.15) is 56.8 Å². The van der Waals surface area contributed by atoms with Crippen molar-refractivity contribution in [3.8, 4) is 17.1 Å². The van der Waals surface area contributed by atoms with E-state index in [-0.39, 0.29) is 50.4 Å². The molecule has 5 aromatic carbocycles. The molecule has 0 atom stereocenters. The molecule has 23 heteroatoms. The number of fused-ring (bicyclic) bond motifs is 2. The van der Waals surface area contributed by atoms with Crippen molar-refractivity contribution in [2.24, 2.45) is 0 Å². The van der Waals surface area contributed by atoms with Crippen LogP contribution in [0.25, 0.3) is 22.0 Å². The first kappa shape index (κ1) is 44.2. The van der Waals surface area contributed by atoms with E-state index in [0.717, 1.165) is 29.3 Å². The van der Waals surface area contributed by atoms with Gasteiger partial charge in [-0.15, -0.1) is 0 Å². The van der Waals surface area contributed by atoms with Crippen LogP contribution in [0.4, 0.5) is 34.6 Å². The average Bonchev–Trinajstić information content (AvgIpc) is 3.24. The molecule has 1 aliphatic carbocycles. The Morgan fingerprint density at radius 2 is 1.23 bits per heavy atom. The molecule has 1 aliphatic rings. The number of hydrogen-bond donors (Lipinski definition) is 8. The van der Waals surface area contributed by atoms with Crippen LogP contribution in [-0.2, 0) is 43.2 Å². The van der Waals surface area contributed by atoms with Gasteiger partial charge in [-0.25, -0.2) is 0 Å². The Balaban J connectivity index is 1.31. The molecule has 8 N–H and O–H groups in total. The van der Waals surface area contributed by atoms with E-state index in [1.807, 2.05) is 32.0 Å². The number of carbonyl (C=O) groups excluding carboxylic acids is 2. The fourth-order valence-corrected chi connectivity index (χ4v) is 9.54. The third kappa shape index (κ3) is 8.29. The van der Waals surface area contributed by atoms with Crippen molar-refractivity contribution >= 4 is 87.5 Å². The van der Waals surface area contributed by atoms with Crippen molar-refractivity contribution in [3.63, 3.8) is 0 Å². The molecular formula is C42H33N7O13S3. The summed E-state index contributed by atoms with van der Waals surface area (Å²) in [7, 11) is -15.5. The van der Waals surface area contributed by atoms with E-state index in [4.69, 9.17) is 0 Å². The fourth-order valence-electron chi connectivity index (χ4n) is 7.63. The number of ketones is 2. The molecule has 332 valence electrons. The molecule has 0 radical (unpaired) electrons. The lowest BCUT2D eigenvalue weighted by atomic mass is 9.80. The SMILES string of the molecule is CCc1cccc(CC)c1Nc1nc(O)nc(Nc2cc(Nc3ccc4[nH]c(=O)c(C(=O)c5cccc(S(=O)(=O)O)c5)c5c4c3C(=O)c3ccccc3-5)c(S(=O)(=O)O)cc2S(=O)(=O)O)n1. The molecule has 2 heterocycles. The number of aryl methyl sites for hydroxylation is 2. The van der Waals surface area contributed by atoms with Gasteiger partial charge < -0.3 is 26.0 Å². The van der Waals surface area contributed by atoms with E-state index in [1.54, 1.807) is 6.07 Å². The Hall–Kier alpha value is -7.41. The maximum atomic E-state index is 14.5. The van der Waals surface area contributed by atoms with Gasteiger partial charge in [-0.2, -0.15) is 40.2 Å². The second-order valence-corrected chi connectivity index (χ2v) is 18.6. The second-order valence-electron chi connectivity index (χ2n) is 14.4. The number of rotatable bonds is 13. The second kappa shape index (κ2) is 16.3. The lowest BCUT2D eigenvalue weighted by Crippen LogP contribution is -2.24. The number of aromatic nitrogens is 4. The Kier molecular flexibility index (Phi) is 11.1. The van der Waals surface area contributed by atoms with E-state index in [0.29, 0.717) is 24.6 Å². The van der Waals surface area contributed by atoms with Crippen LogP contribution in [0, 0.1) is 0 Å². The van der Waals surface area contributed by atoms with Gasteiger partial charge in [0.05, 0.1) is 33.1 Å².